The van der Waals surface area contributed by atoms with Crippen LogP contribution in [-0.4, -0.2) is 117 Å². The quantitative estimate of drug-likeness (QED) is 0.0197. The number of hydrogen-bond acceptors (Lipinski definition) is 15. The maximum absolute atomic E-state index is 13.8. The van der Waals surface area contributed by atoms with Crippen LogP contribution in [0.3, 0.4) is 0 Å². The standard InChI is InChI=1S/C55H52N4O15/c1-4-70-49(64)20-32(2)34-10-13-39-25-43(17-15-37(39)22-34)72-30-47(62)56-18-5-6-19-57-48(63)31-73-46-9-7-8-44-51(46)55(69)59(54(44)68)45-26-40(52(66)58-53(45)67)28-74-50(65)21-33(3)35-11-12-38-24-42(16-14-36(38)23-35)71-29-41(61)27-60/h7-17,20-25,27,40,45H,4-6,18-19,26,28-31H2,1-3H3,(H,56,62)(H,57,63)(H,58,66,67)/b32-20+,33-21+. The summed E-state index contributed by atoms with van der Waals surface area (Å²) in [5.41, 5.74) is 2.64. The lowest BCUT2D eigenvalue weighted by atomic mass is 9.94. The van der Waals surface area contributed by atoms with E-state index in [9.17, 15) is 47.9 Å². The summed E-state index contributed by atoms with van der Waals surface area (Å²) in [4.78, 5) is 126. The number of nitrogens with zero attached hydrogens (tertiary/aromatic N) is 1. The molecule has 3 N–H and O–H groups in total. The van der Waals surface area contributed by atoms with Crippen LogP contribution >= 0.6 is 0 Å². The highest BCUT2D eigenvalue weighted by Gasteiger charge is 2.48. The molecule has 2 unspecified atom stereocenters. The molecule has 2 aliphatic rings. The summed E-state index contributed by atoms with van der Waals surface area (Å²) in [5, 5.41) is 11.1. The summed E-state index contributed by atoms with van der Waals surface area (Å²) < 4.78 is 27.1. The van der Waals surface area contributed by atoms with Gasteiger partial charge in [-0.2, -0.15) is 0 Å². The number of carbonyl (C=O) groups excluding carboxylic acids is 10. The molecule has 19 nitrogen and oxygen atoms in total. The van der Waals surface area contributed by atoms with Crippen molar-refractivity contribution in [2.24, 2.45) is 5.92 Å². The minimum atomic E-state index is -1.43. The number of hydrogen-bond donors (Lipinski definition) is 3. The second-order valence-corrected chi connectivity index (χ2v) is 17.3. The van der Waals surface area contributed by atoms with Crippen molar-refractivity contribution >= 4 is 92.1 Å². The van der Waals surface area contributed by atoms with Crippen molar-refractivity contribution in [2.75, 3.05) is 46.1 Å². The van der Waals surface area contributed by atoms with Crippen LogP contribution in [0.4, 0.5) is 0 Å². The lowest BCUT2D eigenvalue weighted by Gasteiger charge is -2.32. The third-order valence-corrected chi connectivity index (χ3v) is 12.1. The molecule has 2 atom stereocenters. The lowest BCUT2D eigenvalue weighted by molar-refractivity contribution is -0.146. The number of imide groups is 2. The first-order valence-corrected chi connectivity index (χ1v) is 23.7. The Morgan fingerprint density at radius 1 is 0.649 bits per heavy atom. The van der Waals surface area contributed by atoms with Gasteiger partial charge in [-0.3, -0.25) is 48.6 Å². The first-order chi connectivity index (χ1) is 35.6. The van der Waals surface area contributed by atoms with E-state index in [-0.39, 0.29) is 55.2 Å². The molecule has 6 amide bonds. The zero-order valence-electron chi connectivity index (χ0n) is 40.7. The Bertz CT molecular complexity index is 3140. The molecular formula is C55H52N4O15. The van der Waals surface area contributed by atoms with Crippen molar-refractivity contribution in [3.8, 4) is 17.2 Å². The van der Waals surface area contributed by atoms with Crippen LogP contribution in [0.15, 0.2) is 103 Å². The van der Waals surface area contributed by atoms with Crippen molar-refractivity contribution in [3.63, 3.8) is 0 Å². The van der Waals surface area contributed by atoms with Crippen LogP contribution < -0.4 is 30.2 Å². The van der Waals surface area contributed by atoms with Crippen molar-refractivity contribution < 1.29 is 71.6 Å². The van der Waals surface area contributed by atoms with Gasteiger partial charge < -0.3 is 34.3 Å². The van der Waals surface area contributed by atoms with E-state index in [4.69, 9.17) is 23.7 Å². The fourth-order valence-corrected chi connectivity index (χ4v) is 8.17. The Morgan fingerprint density at radius 3 is 1.77 bits per heavy atom. The fraction of sp³-hybridized carbons (Fsp3) is 0.273. The van der Waals surface area contributed by atoms with Gasteiger partial charge in [0, 0.05) is 25.2 Å². The second kappa shape index (κ2) is 24.4. The average Bonchev–Trinajstić information content (AvgIpc) is 3.65. The van der Waals surface area contributed by atoms with Gasteiger partial charge in [0.2, 0.25) is 17.6 Å². The number of unbranched alkanes of at least 4 members (excludes halogenated alkanes) is 1. The summed E-state index contributed by atoms with van der Waals surface area (Å²) in [6.07, 6.45) is 3.61. The first-order valence-electron chi connectivity index (χ1n) is 23.7. The number of Topliss-reactive ketones (excluding diaryl/α,β-unsaturated/α-hetero) is 1. The van der Waals surface area contributed by atoms with Crippen LogP contribution in [0, 0.1) is 5.92 Å². The maximum atomic E-state index is 13.8. The number of ether oxygens (including phenoxy) is 5. The molecule has 74 heavy (non-hydrogen) atoms. The summed E-state index contributed by atoms with van der Waals surface area (Å²) in [5.74, 6) is -6.27. The number of aldehydes is 1. The van der Waals surface area contributed by atoms with Gasteiger partial charge >= 0.3 is 11.9 Å². The van der Waals surface area contributed by atoms with Gasteiger partial charge in [-0.15, -0.1) is 0 Å². The Hall–Kier alpha value is -9.00. The number of carbonyl (C=O) groups is 10. The molecule has 7 rings (SSSR count). The zero-order valence-corrected chi connectivity index (χ0v) is 40.7. The number of nitrogens with one attached hydrogen (secondary N) is 3. The number of benzene rings is 5. The molecule has 0 aliphatic carbocycles. The van der Waals surface area contributed by atoms with Gasteiger partial charge in [0.05, 0.1) is 23.7 Å². The van der Waals surface area contributed by atoms with E-state index < -0.39 is 72.4 Å². The van der Waals surface area contributed by atoms with E-state index in [0.29, 0.717) is 48.6 Å². The van der Waals surface area contributed by atoms with Crippen LogP contribution in [0.2, 0.25) is 0 Å². The minimum absolute atomic E-state index is 0.0636. The average molecular weight is 1010 g/mol. The van der Waals surface area contributed by atoms with Crippen LogP contribution in [-0.2, 0) is 47.8 Å². The molecule has 0 spiro atoms. The molecule has 1 fully saturated rings. The van der Waals surface area contributed by atoms with Crippen LogP contribution in [0.25, 0.3) is 32.7 Å². The summed E-state index contributed by atoms with van der Waals surface area (Å²) in [7, 11) is 0. The van der Waals surface area contributed by atoms with Gasteiger partial charge in [-0.25, -0.2) is 9.59 Å². The molecule has 5 aromatic carbocycles. The third kappa shape index (κ3) is 13.3. The molecule has 2 heterocycles. The van der Waals surface area contributed by atoms with E-state index in [1.807, 2.05) is 43.3 Å². The number of rotatable bonds is 23. The predicted molar refractivity (Wildman–Crippen MR) is 268 cm³/mol. The number of piperidine rings is 1. The Balaban J connectivity index is 0.828. The van der Waals surface area contributed by atoms with Crippen molar-refractivity contribution in [1.82, 2.24) is 20.9 Å². The molecule has 0 radical (unpaired) electrons. The predicted octanol–water partition coefficient (Wildman–Crippen LogP) is 4.85. The highest BCUT2D eigenvalue weighted by Crippen LogP contribution is 2.35. The lowest BCUT2D eigenvalue weighted by Crippen LogP contribution is -2.58. The molecule has 5 aromatic rings. The fourth-order valence-electron chi connectivity index (χ4n) is 8.17. The minimum Gasteiger partial charge on any atom is -0.485 e. The normalized spacial score (nSPS) is 15.5. The molecule has 2 aliphatic heterocycles. The monoisotopic (exact) mass is 1010 g/mol. The molecule has 1 saturated heterocycles. The number of ketones is 1. The smallest absolute Gasteiger partial charge is 0.331 e. The number of amides is 6. The number of fused-ring (bicyclic) bond motifs is 3. The molecule has 0 aromatic heterocycles. The maximum Gasteiger partial charge on any atom is 0.331 e. The Morgan fingerprint density at radius 2 is 1.19 bits per heavy atom. The van der Waals surface area contributed by atoms with Crippen LogP contribution in [0.5, 0.6) is 17.2 Å². The Labute approximate surface area is 424 Å². The first kappa shape index (κ1) is 52.8. The number of allylic oxidation sites excluding steroid dienone is 2. The Kier molecular flexibility index (Phi) is 17.4. The summed E-state index contributed by atoms with van der Waals surface area (Å²) in [6.45, 7) is 4.61. The third-order valence-electron chi connectivity index (χ3n) is 12.1. The molecular weight excluding hydrogens is 957 g/mol. The molecule has 382 valence electrons. The van der Waals surface area contributed by atoms with E-state index in [1.54, 1.807) is 50.2 Å². The van der Waals surface area contributed by atoms with E-state index in [2.05, 4.69) is 16.0 Å². The number of esters is 2. The molecule has 0 saturated carbocycles. The topological polar surface area (TPSA) is 256 Å². The van der Waals surface area contributed by atoms with E-state index in [0.717, 1.165) is 37.6 Å². The summed E-state index contributed by atoms with van der Waals surface area (Å²) >= 11 is 0. The van der Waals surface area contributed by atoms with Crippen molar-refractivity contribution in [3.05, 3.63) is 125 Å². The molecule has 0 bridgehead atoms. The van der Waals surface area contributed by atoms with E-state index in [1.165, 1.54) is 30.4 Å². The zero-order chi connectivity index (χ0) is 52.9. The van der Waals surface area contributed by atoms with Crippen molar-refractivity contribution in [1.29, 1.82) is 0 Å². The summed E-state index contributed by atoms with van der Waals surface area (Å²) in [6, 6.07) is 24.5. The largest absolute Gasteiger partial charge is 0.485 e. The van der Waals surface area contributed by atoms with Gasteiger partial charge in [0.15, 0.2) is 26.1 Å². The highest BCUT2D eigenvalue weighted by molar-refractivity contribution is 6.26. The van der Waals surface area contributed by atoms with Gasteiger partial charge in [0.1, 0.15) is 29.9 Å². The van der Waals surface area contributed by atoms with Gasteiger partial charge in [-0.05, 0) is 132 Å². The van der Waals surface area contributed by atoms with Crippen LogP contribution in [0.1, 0.15) is 71.9 Å². The SMILES string of the molecule is CCOC(=O)/C=C(\C)c1ccc2cc(OCC(=O)NCCCCNC(=O)COc3cccc4c3C(=O)N(C3CC(COC(=O)/C=C(\C)c5ccc6cc(OCC(=O)C=O)ccc6c5)C(=O)NC3=O)C4=O)ccc2c1. The van der Waals surface area contributed by atoms with Gasteiger partial charge in [-0.1, -0.05) is 42.5 Å². The highest BCUT2D eigenvalue weighted by atomic mass is 16.5. The van der Waals surface area contributed by atoms with Crippen molar-refractivity contribution in [2.45, 2.75) is 46.1 Å². The molecule has 19 heteroatoms. The van der Waals surface area contributed by atoms with E-state index >= 15 is 0 Å². The van der Waals surface area contributed by atoms with Gasteiger partial charge in [0.25, 0.3) is 23.6 Å². The second-order valence-electron chi connectivity index (χ2n) is 17.3.